The summed E-state index contributed by atoms with van der Waals surface area (Å²) in [7, 11) is 1.64. The maximum absolute atomic E-state index is 13.1. The third kappa shape index (κ3) is 4.89. The number of rotatable bonds is 8. The molecule has 0 spiro atoms. The first-order valence-corrected chi connectivity index (χ1v) is 10.8. The van der Waals surface area contributed by atoms with Crippen molar-refractivity contribution in [3.63, 3.8) is 0 Å². The van der Waals surface area contributed by atoms with Crippen LogP contribution in [0.2, 0.25) is 0 Å². The molecular weight excluding hydrogens is 412 g/mol. The second-order valence-corrected chi connectivity index (χ2v) is 7.97. The van der Waals surface area contributed by atoms with Gasteiger partial charge in [0, 0.05) is 37.9 Å². The number of amides is 1. The Bertz CT molecular complexity index is 1140. The standard InChI is InChI=1S/C23H28N4O5/c1-16-24-12-18(15-31-11-10-30-2)22(25-16)17-6-5-9-26(13-17)21(28)14-27-19-7-3-4-8-20(19)32-23(27)29/h3-4,7-8,12,17H,5-6,9-11,13-15H2,1-2H3. The van der Waals surface area contributed by atoms with Gasteiger partial charge in [-0.3, -0.25) is 9.36 Å². The van der Waals surface area contributed by atoms with E-state index in [4.69, 9.17) is 13.9 Å². The van der Waals surface area contributed by atoms with E-state index in [1.807, 2.05) is 24.1 Å². The highest BCUT2D eigenvalue weighted by Crippen LogP contribution is 2.28. The summed E-state index contributed by atoms with van der Waals surface area (Å²) in [6, 6.07) is 7.13. The van der Waals surface area contributed by atoms with Crippen molar-refractivity contribution in [1.82, 2.24) is 19.4 Å². The minimum Gasteiger partial charge on any atom is -0.408 e. The number of piperidine rings is 1. The summed E-state index contributed by atoms with van der Waals surface area (Å²) in [5.41, 5.74) is 2.97. The molecule has 0 aliphatic carbocycles. The van der Waals surface area contributed by atoms with E-state index in [0.717, 1.165) is 24.1 Å². The average molecular weight is 441 g/mol. The molecule has 1 atom stereocenters. The largest absolute Gasteiger partial charge is 0.420 e. The Balaban J connectivity index is 1.48. The van der Waals surface area contributed by atoms with Crippen molar-refractivity contribution in [1.29, 1.82) is 0 Å². The number of oxazole rings is 1. The number of carbonyl (C=O) groups excluding carboxylic acids is 1. The monoisotopic (exact) mass is 440 g/mol. The molecule has 4 rings (SSSR count). The number of hydrogen-bond donors (Lipinski definition) is 0. The van der Waals surface area contributed by atoms with E-state index in [2.05, 4.69) is 9.97 Å². The maximum atomic E-state index is 13.1. The molecule has 170 valence electrons. The molecular formula is C23H28N4O5. The van der Waals surface area contributed by atoms with E-state index in [0.29, 0.717) is 49.8 Å². The summed E-state index contributed by atoms with van der Waals surface area (Å²) in [6.07, 6.45) is 3.60. The highest BCUT2D eigenvalue weighted by Gasteiger charge is 2.28. The van der Waals surface area contributed by atoms with E-state index in [9.17, 15) is 9.59 Å². The average Bonchev–Trinajstić information content (AvgIpc) is 3.12. The maximum Gasteiger partial charge on any atom is 0.420 e. The Labute approximate surface area is 186 Å². The number of fused-ring (bicyclic) bond motifs is 1. The van der Waals surface area contributed by atoms with Gasteiger partial charge in [0.25, 0.3) is 0 Å². The molecule has 1 aromatic carbocycles. The number of carbonyl (C=O) groups is 1. The van der Waals surface area contributed by atoms with Crippen LogP contribution in [0.5, 0.6) is 0 Å². The van der Waals surface area contributed by atoms with E-state index in [1.165, 1.54) is 4.57 Å². The molecule has 3 heterocycles. The van der Waals surface area contributed by atoms with Crippen molar-refractivity contribution in [3.8, 4) is 0 Å². The second-order valence-electron chi connectivity index (χ2n) is 7.97. The Kier molecular flexibility index (Phi) is 6.96. The lowest BCUT2D eigenvalue weighted by molar-refractivity contribution is -0.133. The molecule has 1 saturated heterocycles. The van der Waals surface area contributed by atoms with Crippen LogP contribution in [0.25, 0.3) is 11.1 Å². The molecule has 1 aliphatic rings. The van der Waals surface area contributed by atoms with Gasteiger partial charge in [-0.15, -0.1) is 0 Å². The summed E-state index contributed by atoms with van der Waals surface area (Å²) >= 11 is 0. The highest BCUT2D eigenvalue weighted by atomic mass is 16.5. The smallest absolute Gasteiger partial charge is 0.408 e. The van der Waals surface area contributed by atoms with Crippen LogP contribution in [-0.2, 0) is 27.4 Å². The lowest BCUT2D eigenvalue weighted by Crippen LogP contribution is -2.42. The van der Waals surface area contributed by atoms with Gasteiger partial charge in [-0.05, 0) is 31.9 Å². The van der Waals surface area contributed by atoms with Gasteiger partial charge in [-0.2, -0.15) is 0 Å². The second kappa shape index (κ2) is 10.1. The van der Waals surface area contributed by atoms with Crippen LogP contribution >= 0.6 is 0 Å². The molecule has 9 heteroatoms. The van der Waals surface area contributed by atoms with Gasteiger partial charge in [0.2, 0.25) is 5.91 Å². The fraction of sp³-hybridized carbons (Fsp3) is 0.478. The quantitative estimate of drug-likeness (QED) is 0.495. The van der Waals surface area contributed by atoms with E-state index >= 15 is 0 Å². The van der Waals surface area contributed by atoms with Crippen LogP contribution < -0.4 is 5.76 Å². The Morgan fingerprint density at radius 3 is 2.97 bits per heavy atom. The molecule has 0 radical (unpaired) electrons. The number of aryl methyl sites for hydroxylation is 1. The number of para-hydroxylation sites is 2. The predicted molar refractivity (Wildman–Crippen MR) is 117 cm³/mol. The molecule has 1 unspecified atom stereocenters. The third-order valence-corrected chi connectivity index (χ3v) is 5.74. The van der Waals surface area contributed by atoms with Gasteiger partial charge < -0.3 is 18.8 Å². The summed E-state index contributed by atoms with van der Waals surface area (Å²) in [5.74, 6) is 0.163. The lowest BCUT2D eigenvalue weighted by Gasteiger charge is -2.33. The van der Waals surface area contributed by atoms with E-state index < -0.39 is 5.76 Å². The van der Waals surface area contributed by atoms with Gasteiger partial charge in [0.15, 0.2) is 5.58 Å². The molecule has 3 aromatic rings. The number of nitrogens with zero attached hydrogens (tertiary/aromatic N) is 4. The van der Waals surface area contributed by atoms with Crippen LogP contribution in [0.3, 0.4) is 0 Å². The number of aromatic nitrogens is 3. The molecule has 1 amide bonds. The van der Waals surface area contributed by atoms with Gasteiger partial charge in [0.1, 0.15) is 12.4 Å². The third-order valence-electron chi connectivity index (χ3n) is 5.74. The molecule has 32 heavy (non-hydrogen) atoms. The molecule has 1 aliphatic heterocycles. The SMILES string of the molecule is COCCOCc1cnc(C)nc1C1CCCN(C(=O)Cn2c(=O)oc3ccccc32)C1. The van der Waals surface area contributed by atoms with E-state index in [1.54, 1.807) is 25.3 Å². The van der Waals surface area contributed by atoms with Crippen molar-refractivity contribution in [3.05, 3.63) is 58.1 Å². The fourth-order valence-electron chi connectivity index (χ4n) is 4.13. The number of benzene rings is 1. The number of ether oxygens (including phenoxy) is 2. The first kappa shape index (κ1) is 22.2. The van der Waals surface area contributed by atoms with Crippen LogP contribution in [0.15, 0.2) is 39.7 Å². The molecule has 1 fully saturated rings. The zero-order chi connectivity index (χ0) is 22.5. The van der Waals surface area contributed by atoms with E-state index in [-0.39, 0.29) is 18.4 Å². The van der Waals surface area contributed by atoms with Crippen molar-refractivity contribution in [2.45, 2.75) is 38.8 Å². The zero-order valence-electron chi connectivity index (χ0n) is 18.5. The van der Waals surface area contributed by atoms with Crippen molar-refractivity contribution < 1.29 is 18.7 Å². The Morgan fingerprint density at radius 1 is 1.28 bits per heavy atom. The number of hydrogen-bond acceptors (Lipinski definition) is 7. The topological polar surface area (TPSA) is 99.7 Å². The summed E-state index contributed by atoms with van der Waals surface area (Å²) in [6.45, 7) is 4.44. The van der Waals surface area contributed by atoms with Crippen LogP contribution in [0.1, 0.15) is 35.8 Å². The molecule has 0 bridgehead atoms. The molecule has 0 saturated carbocycles. The molecule has 9 nitrogen and oxygen atoms in total. The predicted octanol–water partition coefficient (Wildman–Crippen LogP) is 2.26. The molecule has 0 N–H and O–H groups in total. The summed E-state index contributed by atoms with van der Waals surface area (Å²) < 4.78 is 17.4. The normalized spacial score (nSPS) is 16.6. The van der Waals surface area contributed by atoms with Crippen molar-refractivity contribution in [2.75, 3.05) is 33.4 Å². The summed E-state index contributed by atoms with van der Waals surface area (Å²) in [5, 5.41) is 0. The van der Waals surface area contributed by atoms with Crippen LogP contribution in [0, 0.1) is 6.92 Å². The first-order chi connectivity index (χ1) is 15.6. The van der Waals surface area contributed by atoms with Crippen LogP contribution in [0.4, 0.5) is 0 Å². The van der Waals surface area contributed by atoms with Gasteiger partial charge in [-0.1, -0.05) is 12.1 Å². The van der Waals surface area contributed by atoms with Crippen LogP contribution in [-0.4, -0.2) is 58.8 Å². The summed E-state index contributed by atoms with van der Waals surface area (Å²) in [4.78, 5) is 36.2. The molecule has 2 aromatic heterocycles. The zero-order valence-corrected chi connectivity index (χ0v) is 18.5. The van der Waals surface area contributed by atoms with Gasteiger partial charge in [0.05, 0.1) is 31.0 Å². The Morgan fingerprint density at radius 2 is 2.12 bits per heavy atom. The van der Waals surface area contributed by atoms with Crippen molar-refractivity contribution in [2.24, 2.45) is 0 Å². The van der Waals surface area contributed by atoms with Crippen molar-refractivity contribution >= 4 is 17.0 Å². The minimum absolute atomic E-state index is 0.0433. The minimum atomic E-state index is -0.518. The fourth-order valence-corrected chi connectivity index (χ4v) is 4.13. The number of likely N-dealkylation sites (tertiary alicyclic amines) is 1. The number of methoxy groups -OCH3 is 1. The Hall–Kier alpha value is -3.04. The lowest BCUT2D eigenvalue weighted by atomic mass is 9.92. The highest BCUT2D eigenvalue weighted by molar-refractivity contribution is 5.79. The first-order valence-electron chi connectivity index (χ1n) is 10.8. The van der Waals surface area contributed by atoms with Gasteiger partial charge in [-0.25, -0.2) is 14.8 Å². The van der Waals surface area contributed by atoms with Gasteiger partial charge >= 0.3 is 5.76 Å².